The topological polar surface area (TPSA) is 39.1 Å². The molecule has 0 atom stereocenters. The van der Waals surface area contributed by atoms with Crippen molar-refractivity contribution in [2.24, 2.45) is 0 Å². The van der Waals surface area contributed by atoms with E-state index < -0.39 is 17.5 Å². The molecular weight excluding hydrogens is 375 g/mol. The van der Waals surface area contributed by atoms with Crippen LogP contribution in [0, 0.1) is 0 Å². The summed E-state index contributed by atoms with van der Waals surface area (Å²) in [7, 11) is 0. The number of rotatable bonds is 4. The zero-order valence-corrected chi connectivity index (χ0v) is 15.0. The van der Waals surface area contributed by atoms with Crippen molar-refractivity contribution in [2.75, 3.05) is 0 Å². The van der Waals surface area contributed by atoms with Gasteiger partial charge in [-0.05, 0) is 32.1 Å². The molecule has 0 saturated carbocycles. The molecule has 1 aliphatic rings. The van der Waals surface area contributed by atoms with Crippen molar-refractivity contribution in [3.8, 4) is 5.69 Å². The van der Waals surface area contributed by atoms with Crippen LogP contribution >= 0.6 is 23.4 Å². The average Bonchev–Trinajstić information content (AvgIpc) is 3.05. The summed E-state index contributed by atoms with van der Waals surface area (Å²) in [4.78, 5) is 5.30. The van der Waals surface area contributed by atoms with E-state index in [2.05, 4.69) is 10.6 Å². The van der Waals surface area contributed by atoms with Crippen LogP contribution in [0.3, 0.4) is 0 Å². The monoisotopic (exact) mass is 389 g/mol. The Morgan fingerprint density at radius 3 is 2.52 bits per heavy atom. The number of aromatic nitrogens is 2. The average molecular weight is 390 g/mol. The highest BCUT2D eigenvalue weighted by Gasteiger charge is 2.39. The lowest BCUT2D eigenvalue weighted by atomic mass is 10.1. The minimum absolute atomic E-state index is 0.0127. The minimum Gasteiger partial charge on any atom is -0.265 e. The van der Waals surface area contributed by atoms with E-state index in [-0.39, 0.29) is 16.5 Å². The lowest BCUT2D eigenvalue weighted by Crippen LogP contribution is -2.20. The SMILES string of the molecule is CC1(C)C=C(SCc2c(C(F)(F)F)nn(-c3ccccc3)c2Cl)NO1. The fourth-order valence-corrected chi connectivity index (χ4v) is 3.72. The van der Waals surface area contributed by atoms with Gasteiger partial charge in [0.15, 0.2) is 5.69 Å². The van der Waals surface area contributed by atoms with Crippen LogP contribution < -0.4 is 5.48 Å². The lowest BCUT2D eigenvalue weighted by molar-refractivity contribution is -0.141. The molecule has 0 aliphatic carbocycles. The van der Waals surface area contributed by atoms with E-state index in [1.165, 1.54) is 11.8 Å². The zero-order chi connectivity index (χ0) is 18.2. The fourth-order valence-electron chi connectivity index (χ4n) is 2.30. The Hall–Kier alpha value is -1.64. The van der Waals surface area contributed by atoms with Crippen LogP contribution in [0.1, 0.15) is 25.1 Å². The van der Waals surface area contributed by atoms with Crippen molar-refractivity contribution in [2.45, 2.75) is 31.4 Å². The van der Waals surface area contributed by atoms with Crippen LogP contribution in [-0.2, 0) is 16.8 Å². The van der Waals surface area contributed by atoms with Gasteiger partial charge in [-0.25, -0.2) is 4.68 Å². The van der Waals surface area contributed by atoms with E-state index in [1.807, 2.05) is 13.8 Å². The van der Waals surface area contributed by atoms with E-state index in [9.17, 15) is 13.2 Å². The molecule has 0 unspecified atom stereocenters. The van der Waals surface area contributed by atoms with E-state index in [0.717, 1.165) is 4.68 Å². The molecule has 9 heteroatoms. The predicted molar refractivity (Wildman–Crippen MR) is 91.3 cm³/mol. The van der Waals surface area contributed by atoms with E-state index in [4.69, 9.17) is 16.4 Å². The molecule has 134 valence electrons. The van der Waals surface area contributed by atoms with Gasteiger partial charge >= 0.3 is 6.18 Å². The van der Waals surface area contributed by atoms with Crippen molar-refractivity contribution in [3.63, 3.8) is 0 Å². The molecule has 2 aromatic rings. The number of thioether (sulfide) groups is 1. The first kappa shape index (κ1) is 18.2. The summed E-state index contributed by atoms with van der Waals surface area (Å²) in [6.45, 7) is 3.68. The Kier molecular flexibility index (Phi) is 4.78. The van der Waals surface area contributed by atoms with Crippen LogP contribution in [0.25, 0.3) is 5.69 Å². The summed E-state index contributed by atoms with van der Waals surface area (Å²) >= 11 is 7.41. The van der Waals surface area contributed by atoms with Crippen molar-refractivity contribution in [1.82, 2.24) is 15.3 Å². The quantitative estimate of drug-likeness (QED) is 0.804. The van der Waals surface area contributed by atoms with Crippen molar-refractivity contribution in [1.29, 1.82) is 0 Å². The molecule has 0 radical (unpaired) electrons. The number of benzene rings is 1. The van der Waals surface area contributed by atoms with Gasteiger partial charge < -0.3 is 0 Å². The number of nitrogens with one attached hydrogen (secondary N) is 1. The summed E-state index contributed by atoms with van der Waals surface area (Å²) in [5.41, 5.74) is 1.63. The van der Waals surface area contributed by atoms with E-state index in [1.54, 1.807) is 36.4 Å². The number of hydrogen-bond acceptors (Lipinski definition) is 4. The molecule has 0 saturated heterocycles. The summed E-state index contributed by atoms with van der Waals surface area (Å²) in [6.07, 6.45) is -2.78. The first-order valence-corrected chi connectivity index (χ1v) is 8.73. The number of hydrogen-bond donors (Lipinski definition) is 1. The molecule has 25 heavy (non-hydrogen) atoms. The summed E-state index contributed by atoms with van der Waals surface area (Å²) in [5, 5.41) is 4.29. The molecule has 0 amide bonds. The van der Waals surface area contributed by atoms with Crippen molar-refractivity contribution >= 4 is 23.4 Å². The second kappa shape index (κ2) is 6.59. The number of halogens is 4. The molecule has 0 bridgehead atoms. The number of alkyl halides is 3. The van der Waals surface area contributed by atoms with Crippen LogP contribution in [-0.4, -0.2) is 15.4 Å². The first-order chi connectivity index (χ1) is 11.7. The lowest BCUT2D eigenvalue weighted by Gasteiger charge is -2.11. The van der Waals surface area contributed by atoms with Gasteiger partial charge in [0.05, 0.1) is 10.7 Å². The highest BCUT2D eigenvalue weighted by Crippen LogP contribution is 2.39. The third-order valence-corrected chi connectivity index (χ3v) is 4.79. The Bertz CT molecular complexity index is 803. The van der Waals surface area contributed by atoms with Gasteiger partial charge in [-0.3, -0.25) is 10.3 Å². The highest BCUT2D eigenvalue weighted by atomic mass is 35.5. The van der Waals surface area contributed by atoms with Crippen LogP contribution in [0.15, 0.2) is 41.4 Å². The molecule has 4 nitrogen and oxygen atoms in total. The Labute approximate surface area is 151 Å². The van der Waals surface area contributed by atoms with E-state index in [0.29, 0.717) is 10.7 Å². The number of para-hydroxylation sites is 1. The fraction of sp³-hybridized carbons (Fsp3) is 0.312. The van der Waals surface area contributed by atoms with Gasteiger partial charge in [-0.15, -0.1) is 11.8 Å². The van der Waals surface area contributed by atoms with Gasteiger partial charge in [-0.1, -0.05) is 29.8 Å². The summed E-state index contributed by atoms with van der Waals surface area (Å²) in [5.74, 6) is 0.0127. The molecule has 1 aromatic carbocycles. The molecule has 1 aromatic heterocycles. The molecule has 2 heterocycles. The maximum Gasteiger partial charge on any atom is 0.435 e. The number of nitrogens with zero attached hydrogens (tertiary/aromatic N) is 2. The van der Waals surface area contributed by atoms with Crippen molar-refractivity contribution < 1.29 is 18.0 Å². The number of hydroxylamine groups is 1. The smallest absolute Gasteiger partial charge is 0.265 e. The molecule has 0 fully saturated rings. The van der Waals surface area contributed by atoms with Gasteiger partial charge in [0.25, 0.3) is 0 Å². The molecule has 1 aliphatic heterocycles. The van der Waals surface area contributed by atoms with Gasteiger partial charge in [-0.2, -0.15) is 18.3 Å². The molecule has 0 spiro atoms. The molecular formula is C16H15ClF3N3OS. The molecule has 1 N–H and O–H groups in total. The van der Waals surface area contributed by atoms with Crippen LogP contribution in [0.4, 0.5) is 13.2 Å². The second-order valence-corrected chi connectivity index (χ2v) is 7.34. The van der Waals surface area contributed by atoms with Gasteiger partial charge in [0.1, 0.15) is 10.8 Å². The summed E-state index contributed by atoms with van der Waals surface area (Å²) in [6, 6.07) is 8.48. The van der Waals surface area contributed by atoms with Gasteiger partial charge in [0.2, 0.25) is 0 Å². The zero-order valence-electron chi connectivity index (χ0n) is 13.4. The highest BCUT2D eigenvalue weighted by molar-refractivity contribution is 8.02. The van der Waals surface area contributed by atoms with Crippen molar-refractivity contribution in [3.05, 3.63) is 57.8 Å². The van der Waals surface area contributed by atoms with Gasteiger partial charge in [0, 0.05) is 11.3 Å². The van der Waals surface area contributed by atoms with E-state index >= 15 is 0 Å². The standard InChI is InChI=1S/C16H15ClF3N3OS/c1-15(2)8-12(22-24-15)25-9-11-13(16(18,19)20)21-23(14(11)17)10-6-4-3-5-7-10/h3-8,22H,9H2,1-2H3. The maximum absolute atomic E-state index is 13.4. The largest absolute Gasteiger partial charge is 0.435 e. The third-order valence-electron chi connectivity index (χ3n) is 3.46. The predicted octanol–water partition coefficient (Wildman–Crippen LogP) is 4.93. The Morgan fingerprint density at radius 2 is 1.96 bits per heavy atom. The third kappa shape index (κ3) is 3.96. The summed E-state index contributed by atoms with van der Waals surface area (Å²) < 4.78 is 41.3. The maximum atomic E-state index is 13.4. The normalized spacial score (nSPS) is 16.6. The minimum atomic E-state index is -4.59. The van der Waals surface area contributed by atoms with Crippen LogP contribution in [0.5, 0.6) is 0 Å². The second-order valence-electron chi connectivity index (χ2n) is 5.97. The molecule has 3 rings (SSSR count). The first-order valence-electron chi connectivity index (χ1n) is 7.37. The van der Waals surface area contributed by atoms with Crippen LogP contribution in [0.2, 0.25) is 5.15 Å². The Balaban J connectivity index is 1.93. The Morgan fingerprint density at radius 1 is 1.28 bits per heavy atom.